The van der Waals surface area contributed by atoms with Crippen LogP contribution in [0.1, 0.15) is 25.7 Å². The molecule has 1 amide bonds. The number of hydrogen-bond acceptors (Lipinski definition) is 3. The average molecular weight is 393 g/mol. The SMILES string of the molecule is O=C(C[C@@H]1CCCCN1S(=O)(=O)c1ccccc1)Nc1ccccc1Cl. The molecule has 2 aromatic rings. The summed E-state index contributed by atoms with van der Waals surface area (Å²) in [6, 6.07) is 15.0. The molecule has 2 aromatic carbocycles. The highest BCUT2D eigenvalue weighted by Crippen LogP contribution is 2.28. The van der Waals surface area contributed by atoms with E-state index in [2.05, 4.69) is 5.32 Å². The Balaban J connectivity index is 1.75. The van der Waals surface area contributed by atoms with Crippen LogP contribution in [0.4, 0.5) is 5.69 Å². The summed E-state index contributed by atoms with van der Waals surface area (Å²) >= 11 is 6.07. The van der Waals surface area contributed by atoms with Gasteiger partial charge in [0.25, 0.3) is 0 Å². The molecule has 0 spiro atoms. The number of para-hydroxylation sites is 1. The lowest BCUT2D eigenvalue weighted by molar-refractivity contribution is -0.117. The van der Waals surface area contributed by atoms with Gasteiger partial charge in [-0.15, -0.1) is 0 Å². The molecule has 0 unspecified atom stereocenters. The van der Waals surface area contributed by atoms with Gasteiger partial charge in [-0.05, 0) is 37.1 Å². The molecule has 0 aromatic heterocycles. The normalized spacial score (nSPS) is 18.4. The Hall–Kier alpha value is -1.89. The summed E-state index contributed by atoms with van der Waals surface area (Å²) in [4.78, 5) is 12.7. The van der Waals surface area contributed by atoms with E-state index in [0.29, 0.717) is 23.7 Å². The number of rotatable bonds is 5. The van der Waals surface area contributed by atoms with Gasteiger partial charge in [0.2, 0.25) is 15.9 Å². The van der Waals surface area contributed by atoms with E-state index >= 15 is 0 Å². The fourth-order valence-corrected chi connectivity index (χ4v) is 5.10. The van der Waals surface area contributed by atoms with Crippen molar-refractivity contribution in [1.29, 1.82) is 0 Å². The van der Waals surface area contributed by atoms with E-state index in [1.165, 1.54) is 4.31 Å². The summed E-state index contributed by atoms with van der Waals surface area (Å²) < 4.78 is 27.4. The molecule has 1 N–H and O–H groups in total. The first-order chi connectivity index (χ1) is 12.5. The monoisotopic (exact) mass is 392 g/mol. The number of hydrogen-bond donors (Lipinski definition) is 1. The van der Waals surface area contributed by atoms with E-state index < -0.39 is 10.0 Å². The van der Waals surface area contributed by atoms with E-state index in [-0.39, 0.29) is 23.3 Å². The van der Waals surface area contributed by atoms with E-state index in [0.717, 1.165) is 12.8 Å². The van der Waals surface area contributed by atoms with Crippen LogP contribution in [0.2, 0.25) is 5.02 Å². The maximum absolute atomic E-state index is 13.0. The van der Waals surface area contributed by atoms with Crippen LogP contribution in [-0.4, -0.2) is 31.2 Å². The third-order valence-electron chi connectivity index (χ3n) is 4.49. The van der Waals surface area contributed by atoms with Crippen molar-refractivity contribution >= 4 is 33.2 Å². The molecular weight excluding hydrogens is 372 g/mol. The van der Waals surface area contributed by atoms with Gasteiger partial charge in [-0.1, -0.05) is 48.4 Å². The number of piperidine rings is 1. The number of carbonyl (C=O) groups is 1. The lowest BCUT2D eigenvalue weighted by Crippen LogP contribution is -2.45. The van der Waals surface area contributed by atoms with Crippen molar-refractivity contribution < 1.29 is 13.2 Å². The van der Waals surface area contributed by atoms with Gasteiger partial charge < -0.3 is 5.32 Å². The second kappa shape index (κ2) is 8.20. The number of halogens is 1. The van der Waals surface area contributed by atoms with Crippen LogP contribution < -0.4 is 5.32 Å². The second-order valence-electron chi connectivity index (χ2n) is 6.31. The first-order valence-corrected chi connectivity index (χ1v) is 10.4. The first-order valence-electron chi connectivity index (χ1n) is 8.60. The van der Waals surface area contributed by atoms with Crippen LogP contribution in [0.5, 0.6) is 0 Å². The molecule has 0 aliphatic carbocycles. The molecule has 26 heavy (non-hydrogen) atoms. The van der Waals surface area contributed by atoms with Crippen LogP contribution in [-0.2, 0) is 14.8 Å². The first kappa shape index (κ1) is 18.9. The zero-order chi connectivity index (χ0) is 18.6. The summed E-state index contributed by atoms with van der Waals surface area (Å²) in [5.41, 5.74) is 0.535. The molecular formula is C19H21ClN2O3S. The zero-order valence-electron chi connectivity index (χ0n) is 14.3. The number of benzene rings is 2. The Morgan fingerprint density at radius 3 is 2.50 bits per heavy atom. The van der Waals surface area contributed by atoms with Crippen molar-refractivity contribution in [3.05, 3.63) is 59.6 Å². The van der Waals surface area contributed by atoms with Crippen LogP contribution in [0.3, 0.4) is 0 Å². The van der Waals surface area contributed by atoms with Crippen molar-refractivity contribution in [3.8, 4) is 0 Å². The van der Waals surface area contributed by atoms with Crippen LogP contribution in [0.15, 0.2) is 59.5 Å². The molecule has 1 heterocycles. The number of amides is 1. The largest absolute Gasteiger partial charge is 0.325 e. The maximum atomic E-state index is 13.0. The molecule has 1 fully saturated rings. The van der Waals surface area contributed by atoms with Gasteiger partial charge in [0, 0.05) is 19.0 Å². The molecule has 5 nitrogen and oxygen atoms in total. The molecule has 1 saturated heterocycles. The molecule has 1 aliphatic heterocycles. The third-order valence-corrected chi connectivity index (χ3v) is 6.79. The highest BCUT2D eigenvalue weighted by molar-refractivity contribution is 7.89. The Bertz CT molecular complexity index is 871. The highest BCUT2D eigenvalue weighted by atomic mass is 35.5. The van der Waals surface area contributed by atoms with Crippen LogP contribution >= 0.6 is 11.6 Å². The van der Waals surface area contributed by atoms with Crippen LogP contribution in [0, 0.1) is 0 Å². The number of nitrogens with one attached hydrogen (secondary N) is 1. The Morgan fingerprint density at radius 1 is 1.08 bits per heavy atom. The van der Waals surface area contributed by atoms with Gasteiger partial charge in [-0.3, -0.25) is 4.79 Å². The molecule has 1 atom stereocenters. The fraction of sp³-hybridized carbons (Fsp3) is 0.316. The third kappa shape index (κ3) is 4.26. The van der Waals surface area contributed by atoms with Gasteiger partial charge >= 0.3 is 0 Å². The average Bonchev–Trinajstić information content (AvgIpc) is 2.65. The lowest BCUT2D eigenvalue weighted by Gasteiger charge is -2.34. The lowest BCUT2D eigenvalue weighted by atomic mass is 10.0. The molecule has 138 valence electrons. The second-order valence-corrected chi connectivity index (χ2v) is 8.61. The molecule has 0 bridgehead atoms. The summed E-state index contributed by atoms with van der Waals surface area (Å²) in [5.74, 6) is -0.238. The number of carbonyl (C=O) groups excluding carboxylic acids is 1. The van der Waals surface area contributed by atoms with Gasteiger partial charge in [0.05, 0.1) is 15.6 Å². The van der Waals surface area contributed by atoms with E-state index in [1.54, 1.807) is 54.6 Å². The topological polar surface area (TPSA) is 66.5 Å². The van der Waals surface area contributed by atoms with Crippen molar-refractivity contribution in [1.82, 2.24) is 4.31 Å². The predicted molar refractivity (Wildman–Crippen MR) is 103 cm³/mol. The Morgan fingerprint density at radius 2 is 1.77 bits per heavy atom. The van der Waals surface area contributed by atoms with Gasteiger partial charge in [-0.25, -0.2) is 8.42 Å². The molecule has 7 heteroatoms. The zero-order valence-corrected chi connectivity index (χ0v) is 15.8. The number of anilines is 1. The van der Waals surface area contributed by atoms with Crippen molar-refractivity contribution in [2.45, 2.75) is 36.6 Å². The highest BCUT2D eigenvalue weighted by Gasteiger charge is 2.34. The van der Waals surface area contributed by atoms with Gasteiger partial charge in [-0.2, -0.15) is 4.31 Å². The Labute approximate surface area is 159 Å². The standard InChI is InChI=1S/C19H21ClN2O3S/c20-17-11-4-5-12-18(17)21-19(23)14-15-8-6-7-13-22(15)26(24,25)16-9-2-1-3-10-16/h1-5,9-12,15H,6-8,13-14H2,(H,21,23)/t15-/m0/s1. The van der Waals surface area contributed by atoms with E-state index in [9.17, 15) is 13.2 Å². The summed E-state index contributed by atoms with van der Waals surface area (Å²) in [6.07, 6.45) is 2.48. The minimum atomic E-state index is -3.61. The summed E-state index contributed by atoms with van der Waals surface area (Å²) in [6.45, 7) is 0.432. The van der Waals surface area contributed by atoms with Crippen LogP contribution in [0.25, 0.3) is 0 Å². The van der Waals surface area contributed by atoms with E-state index in [1.807, 2.05) is 0 Å². The van der Waals surface area contributed by atoms with Crippen molar-refractivity contribution in [3.63, 3.8) is 0 Å². The maximum Gasteiger partial charge on any atom is 0.243 e. The quantitative estimate of drug-likeness (QED) is 0.838. The summed E-state index contributed by atoms with van der Waals surface area (Å²) in [7, 11) is -3.61. The number of sulfonamides is 1. The molecule has 3 rings (SSSR count). The molecule has 0 radical (unpaired) electrons. The molecule has 0 saturated carbocycles. The van der Waals surface area contributed by atoms with E-state index in [4.69, 9.17) is 11.6 Å². The minimum Gasteiger partial charge on any atom is -0.325 e. The number of nitrogens with zero attached hydrogens (tertiary/aromatic N) is 1. The van der Waals surface area contributed by atoms with Crippen molar-refractivity contribution in [2.24, 2.45) is 0 Å². The van der Waals surface area contributed by atoms with Gasteiger partial charge in [0.15, 0.2) is 0 Å². The predicted octanol–water partition coefficient (Wildman–Crippen LogP) is 3.91. The fourth-order valence-electron chi connectivity index (χ4n) is 3.20. The van der Waals surface area contributed by atoms with Crippen molar-refractivity contribution in [2.75, 3.05) is 11.9 Å². The minimum absolute atomic E-state index is 0.108. The summed E-state index contributed by atoms with van der Waals surface area (Å²) in [5, 5.41) is 3.23. The molecule has 1 aliphatic rings. The van der Waals surface area contributed by atoms with Gasteiger partial charge in [0.1, 0.15) is 0 Å². The Kier molecular flexibility index (Phi) is 5.96. The smallest absolute Gasteiger partial charge is 0.243 e.